The molecule has 0 bridgehead atoms. The summed E-state index contributed by atoms with van der Waals surface area (Å²) in [6.07, 6.45) is -0.842. The predicted octanol–water partition coefficient (Wildman–Crippen LogP) is 0.901. The SMILES string of the molecule is CC(O)C1=CS(=O)(=O)c2cc(O)ccc21. The van der Waals surface area contributed by atoms with Gasteiger partial charge in [-0.2, -0.15) is 0 Å². The van der Waals surface area contributed by atoms with Crippen molar-refractivity contribution in [3.05, 3.63) is 29.2 Å². The molecular formula is C10H10O4S. The van der Waals surface area contributed by atoms with Crippen LogP contribution in [0.15, 0.2) is 28.5 Å². The van der Waals surface area contributed by atoms with Crippen molar-refractivity contribution in [2.75, 3.05) is 0 Å². The van der Waals surface area contributed by atoms with E-state index in [1.165, 1.54) is 25.1 Å². The van der Waals surface area contributed by atoms with Gasteiger partial charge < -0.3 is 10.2 Å². The number of aromatic hydroxyl groups is 1. The van der Waals surface area contributed by atoms with Crippen LogP contribution in [0.2, 0.25) is 0 Å². The van der Waals surface area contributed by atoms with Crippen molar-refractivity contribution in [2.45, 2.75) is 17.9 Å². The van der Waals surface area contributed by atoms with Gasteiger partial charge in [0.15, 0.2) is 0 Å². The molecule has 0 aliphatic carbocycles. The summed E-state index contributed by atoms with van der Waals surface area (Å²) in [5, 5.41) is 19.7. The normalized spacial score (nSPS) is 19.5. The molecule has 4 nitrogen and oxygen atoms in total. The molecule has 1 aromatic rings. The molecule has 0 fully saturated rings. The van der Waals surface area contributed by atoms with E-state index in [-0.39, 0.29) is 10.6 Å². The third kappa shape index (κ3) is 1.53. The zero-order valence-corrected chi connectivity index (χ0v) is 8.82. The Hall–Kier alpha value is -1.33. The molecule has 1 aliphatic rings. The van der Waals surface area contributed by atoms with Gasteiger partial charge in [0, 0.05) is 16.5 Å². The number of benzene rings is 1. The molecule has 0 spiro atoms. The first-order chi connectivity index (χ1) is 6.92. The lowest BCUT2D eigenvalue weighted by Crippen LogP contribution is -2.01. The van der Waals surface area contributed by atoms with Gasteiger partial charge in [-0.3, -0.25) is 0 Å². The summed E-state index contributed by atoms with van der Waals surface area (Å²) in [6, 6.07) is 4.08. The number of phenolic OH excluding ortho intramolecular Hbond substituents is 1. The molecule has 0 saturated carbocycles. The van der Waals surface area contributed by atoms with Gasteiger partial charge in [0.1, 0.15) is 5.75 Å². The molecule has 1 unspecified atom stereocenters. The molecule has 1 aromatic carbocycles. The maximum Gasteiger partial charge on any atom is 0.200 e. The van der Waals surface area contributed by atoms with Crippen LogP contribution in [0.3, 0.4) is 0 Å². The Morgan fingerprint density at radius 3 is 2.60 bits per heavy atom. The lowest BCUT2D eigenvalue weighted by molar-refractivity contribution is 0.253. The van der Waals surface area contributed by atoms with E-state index in [4.69, 9.17) is 0 Å². The molecule has 0 saturated heterocycles. The lowest BCUT2D eigenvalue weighted by atomic mass is 10.0. The summed E-state index contributed by atoms with van der Waals surface area (Å²) in [4.78, 5) is 0.0541. The van der Waals surface area contributed by atoms with E-state index in [1.807, 2.05) is 0 Å². The fourth-order valence-corrected chi connectivity index (χ4v) is 3.17. The highest BCUT2D eigenvalue weighted by molar-refractivity contribution is 7.95. The van der Waals surface area contributed by atoms with Crippen molar-refractivity contribution >= 4 is 15.4 Å². The number of fused-ring (bicyclic) bond motifs is 1. The van der Waals surface area contributed by atoms with E-state index in [0.717, 1.165) is 5.41 Å². The molecule has 2 rings (SSSR count). The van der Waals surface area contributed by atoms with Gasteiger partial charge in [-0.05, 0) is 25.1 Å². The topological polar surface area (TPSA) is 74.6 Å². The molecule has 5 heteroatoms. The molecule has 0 amide bonds. The van der Waals surface area contributed by atoms with Crippen LogP contribution in [0, 0.1) is 0 Å². The third-order valence-corrected chi connectivity index (χ3v) is 3.83. The molecule has 1 heterocycles. The fourth-order valence-electron chi connectivity index (χ4n) is 1.60. The minimum atomic E-state index is -3.50. The fraction of sp³-hybridized carbons (Fsp3) is 0.200. The summed E-state index contributed by atoms with van der Waals surface area (Å²) < 4.78 is 23.2. The molecular weight excluding hydrogens is 216 g/mol. The minimum absolute atomic E-state index is 0.0541. The standard InChI is InChI=1S/C10H10O4S/c1-6(11)9-5-15(13,14)10-4-7(12)2-3-8(9)10/h2-6,11-12H,1H3. The van der Waals surface area contributed by atoms with Crippen molar-refractivity contribution in [1.29, 1.82) is 0 Å². The van der Waals surface area contributed by atoms with Crippen LogP contribution in [0.4, 0.5) is 0 Å². The van der Waals surface area contributed by atoms with Crippen molar-refractivity contribution in [3.63, 3.8) is 0 Å². The first-order valence-electron chi connectivity index (χ1n) is 4.40. The van der Waals surface area contributed by atoms with E-state index >= 15 is 0 Å². The van der Waals surface area contributed by atoms with E-state index in [0.29, 0.717) is 11.1 Å². The first kappa shape index (κ1) is 10.2. The zero-order valence-electron chi connectivity index (χ0n) is 8.01. The Balaban J connectivity index is 2.73. The van der Waals surface area contributed by atoms with Crippen molar-refractivity contribution in [2.24, 2.45) is 0 Å². The van der Waals surface area contributed by atoms with Gasteiger partial charge in [-0.25, -0.2) is 8.42 Å². The molecule has 1 atom stereocenters. The predicted molar refractivity (Wildman–Crippen MR) is 55.0 cm³/mol. The summed E-state index contributed by atoms with van der Waals surface area (Å²) in [5.74, 6) is -0.0995. The van der Waals surface area contributed by atoms with Crippen molar-refractivity contribution in [1.82, 2.24) is 0 Å². The maximum atomic E-state index is 11.6. The summed E-state index contributed by atoms with van der Waals surface area (Å²) in [7, 11) is -3.50. The van der Waals surface area contributed by atoms with E-state index in [2.05, 4.69) is 0 Å². The second-order valence-corrected chi connectivity index (χ2v) is 5.24. The smallest absolute Gasteiger partial charge is 0.200 e. The van der Waals surface area contributed by atoms with Gasteiger partial charge in [-0.15, -0.1) is 0 Å². The zero-order chi connectivity index (χ0) is 11.2. The average molecular weight is 226 g/mol. The third-order valence-electron chi connectivity index (χ3n) is 2.31. The highest BCUT2D eigenvalue weighted by Crippen LogP contribution is 2.36. The Morgan fingerprint density at radius 1 is 1.33 bits per heavy atom. The summed E-state index contributed by atoms with van der Waals surface area (Å²) in [6.45, 7) is 1.50. The number of hydrogen-bond acceptors (Lipinski definition) is 4. The van der Waals surface area contributed by atoms with Crippen LogP contribution < -0.4 is 0 Å². The van der Waals surface area contributed by atoms with Gasteiger partial charge in [0.2, 0.25) is 9.84 Å². The van der Waals surface area contributed by atoms with Crippen LogP contribution in [0.25, 0.3) is 5.57 Å². The monoisotopic (exact) mass is 226 g/mol. The van der Waals surface area contributed by atoms with Crippen LogP contribution in [0.5, 0.6) is 5.75 Å². The lowest BCUT2D eigenvalue weighted by Gasteiger charge is -2.06. The Bertz CT molecular complexity index is 541. The maximum absolute atomic E-state index is 11.6. The second kappa shape index (κ2) is 3.08. The summed E-state index contributed by atoms with van der Waals surface area (Å²) >= 11 is 0. The Labute approximate surface area is 87.4 Å². The highest BCUT2D eigenvalue weighted by atomic mass is 32.2. The highest BCUT2D eigenvalue weighted by Gasteiger charge is 2.29. The number of sulfone groups is 1. The quantitative estimate of drug-likeness (QED) is 0.746. The van der Waals surface area contributed by atoms with Gasteiger partial charge in [-0.1, -0.05) is 0 Å². The molecule has 0 aromatic heterocycles. The number of aliphatic hydroxyl groups excluding tert-OH is 1. The number of hydrogen-bond donors (Lipinski definition) is 2. The summed E-state index contributed by atoms with van der Waals surface area (Å²) in [5.41, 5.74) is 0.827. The van der Waals surface area contributed by atoms with Gasteiger partial charge in [0.05, 0.1) is 11.0 Å². The molecule has 80 valence electrons. The number of phenols is 1. The van der Waals surface area contributed by atoms with Crippen molar-refractivity contribution in [3.8, 4) is 5.75 Å². The van der Waals surface area contributed by atoms with Crippen LogP contribution in [0.1, 0.15) is 12.5 Å². The minimum Gasteiger partial charge on any atom is -0.508 e. The van der Waals surface area contributed by atoms with Crippen molar-refractivity contribution < 1.29 is 18.6 Å². The molecule has 0 radical (unpaired) electrons. The van der Waals surface area contributed by atoms with Crippen LogP contribution in [-0.4, -0.2) is 24.7 Å². The molecule has 2 N–H and O–H groups in total. The van der Waals surface area contributed by atoms with Crippen LogP contribution >= 0.6 is 0 Å². The molecule has 1 aliphatic heterocycles. The van der Waals surface area contributed by atoms with E-state index in [9.17, 15) is 18.6 Å². The number of aliphatic hydroxyl groups is 1. The van der Waals surface area contributed by atoms with E-state index < -0.39 is 15.9 Å². The molecule has 15 heavy (non-hydrogen) atoms. The average Bonchev–Trinajstić information content (AvgIpc) is 2.39. The van der Waals surface area contributed by atoms with Crippen LogP contribution in [-0.2, 0) is 9.84 Å². The Morgan fingerprint density at radius 2 is 2.00 bits per heavy atom. The van der Waals surface area contributed by atoms with E-state index in [1.54, 1.807) is 0 Å². The Kier molecular flexibility index (Phi) is 2.09. The first-order valence-corrected chi connectivity index (χ1v) is 5.94. The number of rotatable bonds is 1. The second-order valence-electron chi connectivity index (χ2n) is 3.47. The van der Waals surface area contributed by atoms with Gasteiger partial charge in [0.25, 0.3) is 0 Å². The largest absolute Gasteiger partial charge is 0.508 e. The van der Waals surface area contributed by atoms with Gasteiger partial charge >= 0.3 is 0 Å².